The van der Waals surface area contributed by atoms with Crippen molar-refractivity contribution in [2.24, 2.45) is 10.7 Å². The quantitative estimate of drug-likeness (QED) is 0.485. The largest absolute Gasteiger partial charge is 0.369 e. The topological polar surface area (TPSA) is 66.5 Å². The van der Waals surface area contributed by atoms with Gasteiger partial charge in [-0.1, -0.05) is 0 Å². The van der Waals surface area contributed by atoms with Crippen molar-refractivity contribution in [2.45, 2.75) is 20.4 Å². The molecule has 1 rings (SSSR count). The Morgan fingerprint density at radius 1 is 1.39 bits per heavy atom. The van der Waals surface area contributed by atoms with Crippen LogP contribution < -0.4 is 11.1 Å². The highest BCUT2D eigenvalue weighted by molar-refractivity contribution is 7.80. The third-order valence-electron chi connectivity index (χ3n) is 2.50. The summed E-state index contributed by atoms with van der Waals surface area (Å²) < 4.78 is 0. The molecule has 1 aromatic rings. The molecule has 0 aliphatic heterocycles. The lowest BCUT2D eigenvalue weighted by molar-refractivity contribution is 0.461. The van der Waals surface area contributed by atoms with Crippen LogP contribution in [0.15, 0.2) is 29.5 Å². The maximum atomic E-state index is 5.85. The zero-order valence-electron chi connectivity index (χ0n) is 10.8. The Hall–Kier alpha value is -1.69. The highest BCUT2D eigenvalue weighted by Gasteiger charge is 2.03. The summed E-state index contributed by atoms with van der Waals surface area (Å²) in [7, 11) is 0. The number of hydrogen-bond donors (Lipinski definition) is 2. The van der Waals surface area contributed by atoms with E-state index >= 15 is 0 Å². The van der Waals surface area contributed by atoms with Crippen molar-refractivity contribution in [3.63, 3.8) is 0 Å². The summed E-state index contributed by atoms with van der Waals surface area (Å²) in [5.41, 5.74) is 6.95. The molecule has 5 nitrogen and oxygen atoms in total. The summed E-state index contributed by atoms with van der Waals surface area (Å²) in [5.74, 6) is 0.451. The first-order chi connectivity index (χ1) is 8.67. The van der Waals surface area contributed by atoms with Crippen LogP contribution >= 0.6 is 12.2 Å². The second-order valence-corrected chi connectivity index (χ2v) is 4.04. The predicted octanol–water partition coefficient (Wildman–Crippen LogP) is 1.11. The first-order valence-corrected chi connectivity index (χ1v) is 6.34. The van der Waals surface area contributed by atoms with Gasteiger partial charge in [0.15, 0.2) is 11.1 Å². The Kier molecular flexibility index (Phi) is 6.07. The number of nitrogens with two attached hydrogens (primary N) is 1. The summed E-state index contributed by atoms with van der Waals surface area (Å²) in [6.45, 7) is 6.31. The SMILES string of the molecule is CCN(CC)/C(N)=N/C(=S)NCc1ccncc1. The van der Waals surface area contributed by atoms with Gasteiger partial charge in [0.05, 0.1) is 0 Å². The van der Waals surface area contributed by atoms with Crippen molar-refractivity contribution >= 4 is 23.3 Å². The standard InChI is InChI=1S/C12H19N5S/c1-3-17(4-2)11(13)16-12(18)15-9-10-5-7-14-8-6-10/h5-8H,3-4,9H2,1-2H3,(H3,13,15,16,18). The van der Waals surface area contributed by atoms with Crippen LogP contribution in [0.3, 0.4) is 0 Å². The molecule has 18 heavy (non-hydrogen) atoms. The van der Waals surface area contributed by atoms with Gasteiger partial charge in [0.25, 0.3) is 0 Å². The van der Waals surface area contributed by atoms with E-state index in [2.05, 4.69) is 15.3 Å². The zero-order chi connectivity index (χ0) is 13.4. The predicted molar refractivity (Wildman–Crippen MR) is 78.2 cm³/mol. The Balaban J connectivity index is 2.49. The van der Waals surface area contributed by atoms with Crippen LogP contribution in [-0.2, 0) is 6.54 Å². The fraction of sp³-hybridized carbons (Fsp3) is 0.417. The van der Waals surface area contributed by atoms with E-state index in [0.717, 1.165) is 18.7 Å². The summed E-state index contributed by atoms with van der Waals surface area (Å²) in [6, 6.07) is 3.85. The summed E-state index contributed by atoms with van der Waals surface area (Å²) in [4.78, 5) is 10.1. The molecular formula is C12H19N5S. The molecule has 0 saturated carbocycles. The van der Waals surface area contributed by atoms with Crippen molar-refractivity contribution in [3.05, 3.63) is 30.1 Å². The Morgan fingerprint density at radius 3 is 2.56 bits per heavy atom. The number of pyridine rings is 1. The van der Waals surface area contributed by atoms with Crippen molar-refractivity contribution in [1.82, 2.24) is 15.2 Å². The second kappa shape index (κ2) is 7.60. The highest BCUT2D eigenvalue weighted by atomic mass is 32.1. The van der Waals surface area contributed by atoms with E-state index in [1.165, 1.54) is 0 Å². The van der Waals surface area contributed by atoms with Crippen molar-refractivity contribution < 1.29 is 0 Å². The number of thiocarbonyl (C=S) groups is 1. The minimum Gasteiger partial charge on any atom is -0.369 e. The average Bonchev–Trinajstić information content (AvgIpc) is 2.39. The maximum Gasteiger partial charge on any atom is 0.198 e. The molecule has 6 heteroatoms. The molecule has 0 amide bonds. The minimum atomic E-state index is 0.399. The first kappa shape index (κ1) is 14.4. The molecule has 0 bridgehead atoms. The highest BCUT2D eigenvalue weighted by Crippen LogP contribution is 1.95. The van der Waals surface area contributed by atoms with Crippen molar-refractivity contribution in [3.8, 4) is 0 Å². The van der Waals surface area contributed by atoms with Crippen LogP contribution in [0.1, 0.15) is 19.4 Å². The first-order valence-electron chi connectivity index (χ1n) is 5.93. The van der Waals surface area contributed by atoms with E-state index in [-0.39, 0.29) is 0 Å². The number of rotatable bonds is 4. The number of nitrogens with zero attached hydrogens (tertiary/aromatic N) is 3. The van der Waals surface area contributed by atoms with Gasteiger partial charge in [0.1, 0.15) is 0 Å². The van der Waals surface area contributed by atoms with Crippen molar-refractivity contribution in [1.29, 1.82) is 0 Å². The molecule has 0 aliphatic carbocycles. The van der Waals surface area contributed by atoms with Gasteiger partial charge in [-0.25, -0.2) is 0 Å². The molecule has 0 radical (unpaired) electrons. The molecule has 0 saturated heterocycles. The molecule has 0 spiro atoms. The van der Waals surface area contributed by atoms with E-state index < -0.39 is 0 Å². The molecular weight excluding hydrogens is 246 g/mol. The van der Waals surface area contributed by atoms with Crippen LogP contribution in [0, 0.1) is 0 Å². The number of aromatic nitrogens is 1. The normalized spacial score (nSPS) is 11.1. The van der Waals surface area contributed by atoms with Crippen LogP contribution in [-0.4, -0.2) is 34.0 Å². The smallest absolute Gasteiger partial charge is 0.198 e. The molecule has 0 aromatic carbocycles. The fourth-order valence-corrected chi connectivity index (χ4v) is 1.61. The Labute approximate surface area is 113 Å². The number of nitrogens with one attached hydrogen (secondary N) is 1. The third kappa shape index (κ3) is 4.67. The third-order valence-corrected chi connectivity index (χ3v) is 2.73. The van der Waals surface area contributed by atoms with E-state index in [9.17, 15) is 0 Å². The molecule has 0 aliphatic rings. The lowest BCUT2D eigenvalue weighted by atomic mass is 10.3. The lowest BCUT2D eigenvalue weighted by Gasteiger charge is -2.19. The Morgan fingerprint density at radius 2 is 2.00 bits per heavy atom. The van der Waals surface area contributed by atoms with E-state index in [1.807, 2.05) is 30.9 Å². The minimum absolute atomic E-state index is 0.399. The van der Waals surface area contributed by atoms with Gasteiger partial charge < -0.3 is 16.0 Å². The van der Waals surface area contributed by atoms with Gasteiger partial charge in [0, 0.05) is 32.0 Å². The lowest BCUT2D eigenvalue weighted by Crippen LogP contribution is -2.38. The number of guanidine groups is 1. The molecule has 3 N–H and O–H groups in total. The molecule has 0 fully saturated rings. The molecule has 0 atom stereocenters. The molecule has 1 heterocycles. The van der Waals surface area contributed by atoms with E-state index in [1.54, 1.807) is 12.4 Å². The zero-order valence-corrected chi connectivity index (χ0v) is 11.6. The second-order valence-electron chi connectivity index (χ2n) is 3.66. The van der Waals surface area contributed by atoms with Crippen LogP contribution in [0.2, 0.25) is 0 Å². The summed E-state index contributed by atoms with van der Waals surface area (Å²) in [5, 5.41) is 3.44. The van der Waals surface area contributed by atoms with Gasteiger partial charge >= 0.3 is 0 Å². The fourth-order valence-electron chi connectivity index (χ4n) is 1.44. The Bertz CT molecular complexity index is 400. The van der Waals surface area contributed by atoms with Crippen LogP contribution in [0.5, 0.6) is 0 Å². The number of hydrogen-bond acceptors (Lipinski definition) is 2. The van der Waals surface area contributed by atoms with E-state index in [0.29, 0.717) is 17.6 Å². The van der Waals surface area contributed by atoms with Gasteiger partial charge in [0.2, 0.25) is 0 Å². The van der Waals surface area contributed by atoms with Gasteiger partial charge in [-0.05, 0) is 43.8 Å². The average molecular weight is 265 g/mol. The summed E-state index contributed by atoms with van der Waals surface area (Å²) >= 11 is 5.12. The number of aliphatic imine (C=N–C) groups is 1. The van der Waals surface area contributed by atoms with Gasteiger partial charge in [-0.2, -0.15) is 4.99 Å². The van der Waals surface area contributed by atoms with Crippen LogP contribution in [0.4, 0.5) is 0 Å². The monoisotopic (exact) mass is 265 g/mol. The molecule has 98 valence electrons. The molecule has 1 aromatic heterocycles. The van der Waals surface area contributed by atoms with Crippen molar-refractivity contribution in [2.75, 3.05) is 13.1 Å². The maximum absolute atomic E-state index is 5.85. The summed E-state index contributed by atoms with van der Waals surface area (Å²) in [6.07, 6.45) is 3.49. The van der Waals surface area contributed by atoms with Gasteiger partial charge in [-0.15, -0.1) is 0 Å². The van der Waals surface area contributed by atoms with Gasteiger partial charge in [-0.3, -0.25) is 4.98 Å². The van der Waals surface area contributed by atoms with E-state index in [4.69, 9.17) is 18.0 Å². The van der Waals surface area contributed by atoms with Crippen LogP contribution in [0.25, 0.3) is 0 Å². The molecule has 0 unspecified atom stereocenters.